The summed E-state index contributed by atoms with van der Waals surface area (Å²) in [5, 5.41) is 7.61. The van der Waals surface area contributed by atoms with Gasteiger partial charge in [0.1, 0.15) is 22.7 Å². The van der Waals surface area contributed by atoms with E-state index in [1.165, 1.54) is 0 Å². The molecule has 1 heterocycles. The highest BCUT2D eigenvalue weighted by Crippen LogP contribution is 2.36. The Morgan fingerprint density at radius 3 is 2.35 bits per heavy atom. The van der Waals surface area contributed by atoms with Crippen molar-refractivity contribution in [2.75, 3.05) is 44.5 Å². The number of anilines is 2. The number of rotatable bonds is 9. The molecule has 176 valence electrons. The number of nitrogens with one attached hydrogen (secondary N) is 2. The Morgan fingerprint density at radius 2 is 1.62 bits per heavy atom. The molecule has 4 aromatic rings. The molecule has 2 N–H and O–H groups in total. The number of hydrogen-bond acceptors (Lipinski definition) is 6. The van der Waals surface area contributed by atoms with E-state index in [0.717, 1.165) is 16.4 Å². The number of fused-ring (bicyclic) bond motifs is 3. The maximum atomic E-state index is 12.8. The standard InChI is InChI=1S/C26H27N3O5/c1-4-29(15-25(30)27-17-8-7-9-18(12-17)32-2)16-26(31)28-21-14-23-20(13-24(21)33-3)19-10-5-6-11-22(19)34-23/h5-14H,4,15-16H2,1-3H3,(H,27,30)(H,28,31). The molecule has 0 unspecified atom stereocenters. The number of nitrogens with zero attached hydrogens (tertiary/aromatic N) is 1. The molecule has 0 atom stereocenters. The van der Waals surface area contributed by atoms with Gasteiger partial charge in [0.15, 0.2) is 0 Å². The molecule has 4 rings (SSSR count). The number of likely N-dealkylation sites (N-methyl/N-ethyl adjacent to an activating group) is 1. The molecule has 0 fully saturated rings. The lowest BCUT2D eigenvalue weighted by Crippen LogP contribution is -2.38. The highest BCUT2D eigenvalue weighted by atomic mass is 16.5. The molecule has 8 nitrogen and oxygen atoms in total. The van der Waals surface area contributed by atoms with Crippen LogP contribution < -0.4 is 20.1 Å². The van der Waals surface area contributed by atoms with E-state index in [1.807, 2.05) is 37.3 Å². The Labute approximate surface area is 197 Å². The summed E-state index contributed by atoms with van der Waals surface area (Å²) in [5.74, 6) is 0.708. The van der Waals surface area contributed by atoms with Gasteiger partial charge in [0, 0.05) is 28.6 Å². The van der Waals surface area contributed by atoms with Gasteiger partial charge in [-0.05, 0) is 30.8 Å². The molecule has 2 amide bonds. The smallest absolute Gasteiger partial charge is 0.238 e. The van der Waals surface area contributed by atoms with E-state index in [-0.39, 0.29) is 24.9 Å². The van der Waals surface area contributed by atoms with Crippen molar-refractivity contribution in [1.82, 2.24) is 4.90 Å². The van der Waals surface area contributed by atoms with Crippen molar-refractivity contribution in [3.63, 3.8) is 0 Å². The number of ether oxygens (including phenoxy) is 2. The van der Waals surface area contributed by atoms with Crippen LogP contribution in [-0.4, -0.2) is 50.6 Å². The number of para-hydroxylation sites is 1. The van der Waals surface area contributed by atoms with Gasteiger partial charge in [-0.2, -0.15) is 0 Å². The average Bonchev–Trinajstić information content (AvgIpc) is 3.20. The topological polar surface area (TPSA) is 93.0 Å². The molecule has 0 spiro atoms. The van der Waals surface area contributed by atoms with Crippen molar-refractivity contribution in [3.05, 3.63) is 60.7 Å². The van der Waals surface area contributed by atoms with Crippen molar-refractivity contribution >= 4 is 45.1 Å². The summed E-state index contributed by atoms with van der Waals surface area (Å²) < 4.78 is 16.6. The van der Waals surface area contributed by atoms with Gasteiger partial charge in [-0.25, -0.2) is 0 Å². The van der Waals surface area contributed by atoms with Crippen LogP contribution in [0.1, 0.15) is 6.92 Å². The minimum Gasteiger partial charge on any atom is -0.497 e. The van der Waals surface area contributed by atoms with Gasteiger partial charge in [0.2, 0.25) is 11.8 Å². The third-order valence-electron chi connectivity index (χ3n) is 5.51. The molecule has 3 aromatic carbocycles. The maximum absolute atomic E-state index is 12.8. The lowest BCUT2D eigenvalue weighted by Gasteiger charge is -2.20. The van der Waals surface area contributed by atoms with E-state index in [2.05, 4.69) is 10.6 Å². The third-order valence-corrected chi connectivity index (χ3v) is 5.51. The zero-order valence-corrected chi connectivity index (χ0v) is 19.4. The molecule has 0 saturated carbocycles. The molecule has 8 heteroatoms. The van der Waals surface area contributed by atoms with Crippen molar-refractivity contribution in [2.24, 2.45) is 0 Å². The molecule has 0 aliphatic carbocycles. The Hall–Kier alpha value is -4.04. The molecule has 0 radical (unpaired) electrons. The van der Waals surface area contributed by atoms with E-state index in [4.69, 9.17) is 13.9 Å². The fourth-order valence-corrected chi connectivity index (χ4v) is 3.79. The van der Waals surface area contributed by atoms with Crippen LogP contribution in [0.15, 0.2) is 65.1 Å². The van der Waals surface area contributed by atoms with Crippen LogP contribution in [0.2, 0.25) is 0 Å². The minimum atomic E-state index is -0.259. The fourth-order valence-electron chi connectivity index (χ4n) is 3.79. The zero-order valence-electron chi connectivity index (χ0n) is 19.4. The quantitative estimate of drug-likeness (QED) is 0.381. The molecule has 0 saturated heterocycles. The first-order valence-electron chi connectivity index (χ1n) is 11.0. The third kappa shape index (κ3) is 5.13. The summed E-state index contributed by atoms with van der Waals surface area (Å²) in [6, 6.07) is 18.5. The molecule has 0 bridgehead atoms. The number of methoxy groups -OCH3 is 2. The summed E-state index contributed by atoms with van der Waals surface area (Å²) in [4.78, 5) is 27.0. The number of hydrogen-bond donors (Lipinski definition) is 2. The first-order valence-corrected chi connectivity index (χ1v) is 11.0. The molecule has 1 aromatic heterocycles. The molecular formula is C26H27N3O5. The molecule has 0 aliphatic heterocycles. The molecule has 34 heavy (non-hydrogen) atoms. The number of carbonyl (C=O) groups is 2. The van der Waals surface area contributed by atoms with Gasteiger partial charge in [-0.3, -0.25) is 14.5 Å². The number of benzene rings is 3. The molecular weight excluding hydrogens is 434 g/mol. The molecule has 0 aliphatic rings. The van der Waals surface area contributed by atoms with Gasteiger partial charge in [-0.1, -0.05) is 31.2 Å². The predicted molar refractivity (Wildman–Crippen MR) is 133 cm³/mol. The van der Waals surface area contributed by atoms with Gasteiger partial charge in [0.05, 0.1) is 33.0 Å². The van der Waals surface area contributed by atoms with Crippen LogP contribution in [0.5, 0.6) is 11.5 Å². The van der Waals surface area contributed by atoms with E-state index in [1.54, 1.807) is 49.5 Å². The fraction of sp³-hybridized carbons (Fsp3) is 0.231. The Kier molecular flexibility index (Phi) is 6.98. The van der Waals surface area contributed by atoms with E-state index in [0.29, 0.717) is 35.0 Å². The van der Waals surface area contributed by atoms with Crippen LogP contribution in [0, 0.1) is 0 Å². The highest BCUT2D eigenvalue weighted by molar-refractivity contribution is 6.08. The van der Waals surface area contributed by atoms with E-state index < -0.39 is 0 Å². The first kappa shape index (κ1) is 23.1. The monoisotopic (exact) mass is 461 g/mol. The Morgan fingerprint density at radius 1 is 0.853 bits per heavy atom. The van der Waals surface area contributed by atoms with Crippen LogP contribution in [0.3, 0.4) is 0 Å². The van der Waals surface area contributed by atoms with Crippen LogP contribution in [0.25, 0.3) is 21.9 Å². The summed E-state index contributed by atoms with van der Waals surface area (Å²) in [7, 11) is 3.12. The van der Waals surface area contributed by atoms with Gasteiger partial charge >= 0.3 is 0 Å². The van der Waals surface area contributed by atoms with Crippen molar-refractivity contribution in [3.8, 4) is 11.5 Å². The predicted octanol–water partition coefficient (Wildman–Crippen LogP) is 4.50. The lowest BCUT2D eigenvalue weighted by molar-refractivity contribution is -0.119. The Balaban J connectivity index is 1.43. The second kappa shape index (κ2) is 10.3. The number of carbonyl (C=O) groups excluding carboxylic acids is 2. The average molecular weight is 462 g/mol. The van der Waals surface area contributed by atoms with E-state index in [9.17, 15) is 9.59 Å². The second-order valence-corrected chi connectivity index (χ2v) is 7.78. The minimum absolute atomic E-state index is 0.0450. The van der Waals surface area contributed by atoms with Crippen molar-refractivity contribution < 1.29 is 23.5 Å². The number of amides is 2. The second-order valence-electron chi connectivity index (χ2n) is 7.78. The van der Waals surface area contributed by atoms with Crippen LogP contribution in [0.4, 0.5) is 11.4 Å². The van der Waals surface area contributed by atoms with Crippen molar-refractivity contribution in [1.29, 1.82) is 0 Å². The normalized spacial score (nSPS) is 11.1. The van der Waals surface area contributed by atoms with Gasteiger partial charge in [-0.15, -0.1) is 0 Å². The summed E-state index contributed by atoms with van der Waals surface area (Å²) in [6.45, 7) is 2.54. The lowest BCUT2D eigenvalue weighted by atomic mass is 10.1. The van der Waals surface area contributed by atoms with Gasteiger partial charge in [0.25, 0.3) is 0 Å². The summed E-state index contributed by atoms with van der Waals surface area (Å²) >= 11 is 0. The van der Waals surface area contributed by atoms with Gasteiger partial charge < -0.3 is 24.5 Å². The van der Waals surface area contributed by atoms with E-state index >= 15 is 0 Å². The maximum Gasteiger partial charge on any atom is 0.238 e. The summed E-state index contributed by atoms with van der Waals surface area (Å²) in [5.41, 5.74) is 2.56. The van der Waals surface area contributed by atoms with Crippen LogP contribution in [-0.2, 0) is 9.59 Å². The number of furan rings is 1. The first-order chi connectivity index (χ1) is 16.5. The van der Waals surface area contributed by atoms with Crippen molar-refractivity contribution in [2.45, 2.75) is 6.92 Å². The van der Waals surface area contributed by atoms with Crippen LogP contribution >= 0.6 is 0 Å². The summed E-state index contributed by atoms with van der Waals surface area (Å²) in [6.07, 6.45) is 0. The Bertz CT molecular complexity index is 1330. The largest absolute Gasteiger partial charge is 0.497 e. The highest BCUT2D eigenvalue weighted by Gasteiger charge is 2.17. The SMILES string of the molecule is CCN(CC(=O)Nc1cccc(OC)c1)CC(=O)Nc1cc2oc3ccccc3c2cc1OC. The zero-order chi connectivity index (χ0) is 24.1.